The van der Waals surface area contributed by atoms with Crippen LogP contribution in [0.4, 0.5) is 0 Å². The van der Waals surface area contributed by atoms with Crippen molar-refractivity contribution < 1.29 is 28.4 Å². The molecule has 0 aromatic heterocycles. The molecule has 0 rings (SSSR count). The summed E-state index contributed by atoms with van der Waals surface area (Å²) in [5.41, 5.74) is 5.40. The smallest absolute Gasteiger partial charge is 0.387 e. The van der Waals surface area contributed by atoms with E-state index < -0.39 is 20.0 Å². The molecule has 0 bridgehead atoms. The predicted octanol–water partition coefficient (Wildman–Crippen LogP) is 17.5. The van der Waals surface area contributed by atoms with Gasteiger partial charge in [0, 0.05) is 13.0 Å². The zero-order valence-electron chi connectivity index (χ0n) is 43.5. The third-order valence-corrected chi connectivity index (χ3v) is 14.3. The molecule has 5 N–H and O–H groups in total. The third-order valence-electron chi connectivity index (χ3n) is 13.4. The first-order valence-corrected chi connectivity index (χ1v) is 30.3. The van der Waals surface area contributed by atoms with Crippen molar-refractivity contribution in [2.75, 3.05) is 19.8 Å². The number of amides is 1. The van der Waals surface area contributed by atoms with E-state index in [0.717, 1.165) is 38.5 Å². The summed E-state index contributed by atoms with van der Waals surface area (Å²) in [7, 11) is -4.34. The van der Waals surface area contributed by atoms with Gasteiger partial charge in [0.1, 0.15) is 0 Å². The standard InChI is InChI=1S/C56H113N2O6P/c1-3-5-7-9-11-13-15-17-19-20-21-22-23-24-25-26-27-28-29-30-31-32-33-34-36-38-40-42-44-46-48-50-56(60)58-54(53-64-65(61,62)63-52-51-57)55(59)49-47-45-43-41-39-37-35-18-16-14-12-10-8-6-4-2/h47,49,54-55,59H,3-46,48,50-53,57H2,1-2H3,(H,58,60)(H,61,62)/b49-47+/t54-,55+/m0/s1. The number of rotatable bonds is 55. The van der Waals surface area contributed by atoms with Gasteiger partial charge in [-0.1, -0.05) is 296 Å². The van der Waals surface area contributed by atoms with E-state index in [9.17, 15) is 19.4 Å². The minimum Gasteiger partial charge on any atom is -0.387 e. The number of hydrogen-bond donors (Lipinski definition) is 4. The minimum absolute atomic E-state index is 0.0817. The highest BCUT2D eigenvalue weighted by Crippen LogP contribution is 2.43. The molecule has 0 aromatic carbocycles. The zero-order chi connectivity index (χ0) is 47.4. The lowest BCUT2D eigenvalue weighted by molar-refractivity contribution is -0.123. The van der Waals surface area contributed by atoms with E-state index in [1.54, 1.807) is 6.08 Å². The van der Waals surface area contributed by atoms with Gasteiger partial charge in [-0.3, -0.25) is 13.8 Å². The van der Waals surface area contributed by atoms with Gasteiger partial charge in [-0.25, -0.2) is 4.57 Å². The van der Waals surface area contributed by atoms with Crippen LogP contribution in [0, 0.1) is 0 Å². The molecule has 9 heteroatoms. The van der Waals surface area contributed by atoms with Gasteiger partial charge in [0.15, 0.2) is 0 Å². The lowest BCUT2D eigenvalue weighted by Crippen LogP contribution is -2.45. The molecule has 0 heterocycles. The number of allylic oxidation sites excluding steroid dienone is 1. The van der Waals surface area contributed by atoms with E-state index in [1.807, 2.05) is 6.08 Å². The second-order valence-corrected chi connectivity index (χ2v) is 21.3. The Morgan fingerprint density at radius 3 is 1.09 bits per heavy atom. The van der Waals surface area contributed by atoms with Gasteiger partial charge < -0.3 is 21.1 Å². The van der Waals surface area contributed by atoms with Gasteiger partial charge in [-0.2, -0.15) is 0 Å². The van der Waals surface area contributed by atoms with Gasteiger partial charge in [-0.05, 0) is 19.3 Å². The summed E-state index contributed by atoms with van der Waals surface area (Å²) in [5.74, 6) is -0.186. The maximum Gasteiger partial charge on any atom is 0.472 e. The Hall–Kier alpha value is -0.760. The van der Waals surface area contributed by atoms with Crippen molar-refractivity contribution in [2.24, 2.45) is 5.73 Å². The number of phosphoric acid groups is 1. The molecular formula is C56H113N2O6P. The number of hydrogen-bond acceptors (Lipinski definition) is 6. The fourth-order valence-electron chi connectivity index (χ4n) is 9.02. The molecular weight excluding hydrogens is 828 g/mol. The van der Waals surface area contributed by atoms with Crippen LogP contribution in [-0.2, 0) is 18.4 Å². The summed E-state index contributed by atoms with van der Waals surface area (Å²) in [4.78, 5) is 22.8. The predicted molar refractivity (Wildman–Crippen MR) is 282 cm³/mol. The number of phosphoric ester groups is 1. The lowest BCUT2D eigenvalue weighted by atomic mass is 10.0. The van der Waals surface area contributed by atoms with E-state index in [-0.39, 0.29) is 25.7 Å². The molecule has 388 valence electrons. The Balaban J connectivity index is 3.85. The second-order valence-electron chi connectivity index (χ2n) is 19.9. The Morgan fingerprint density at radius 2 is 0.785 bits per heavy atom. The van der Waals surface area contributed by atoms with Crippen LogP contribution >= 0.6 is 7.82 Å². The SMILES string of the molecule is CCCCCCCCCCCCCCC/C=C/[C@@H](O)[C@H](COP(=O)(O)OCCN)NC(=O)CCCCCCCCCCCCCCCCCCCCCCCCCCCCCCCCC. The summed E-state index contributed by atoms with van der Waals surface area (Å²) in [6.45, 7) is 4.19. The summed E-state index contributed by atoms with van der Waals surface area (Å²) >= 11 is 0. The molecule has 3 atom stereocenters. The molecule has 0 aliphatic rings. The summed E-state index contributed by atoms with van der Waals surface area (Å²) in [6, 6.07) is -0.856. The van der Waals surface area contributed by atoms with Crippen molar-refractivity contribution in [3.8, 4) is 0 Å². The van der Waals surface area contributed by atoms with Crippen LogP contribution in [0.3, 0.4) is 0 Å². The van der Waals surface area contributed by atoms with Gasteiger partial charge in [0.05, 0.1) is 25.4 Å². The maximum absolute atomic E-state index is 12.8. The first-order chi connectivity index (χ1) is 31.9. The molecule has 8 nitrogen and oxygen atoms in total. The van der Waals surface area contributed by atoms with E-state index in [4.69, 9.17) is 14.8 Å². The van der Waals surface area contributed by atoms with Crippen LogP contribution in [0.5, 0.6) is 0 Å². The fourth-order valence-corrected chi connectivity index (χ4v) is 9.78. The average Bonchev–Trinajstić information content (AvgIpc) is 3.30. The largest absolute Gasteiger partial charge is 0.472 e. The number of nitrogens with one attached hydrogen (secondary N) is 1. The fraction of sp³-hybridized carbons (Fsp3) is 0.946. The molecule has 0 saturated heterocycles. The highest BCUT2D eigenvalue weighted by atomic mass is 31.2. The van der Waals surface area contributed by atoms with Crippen LogP contribution in [0.25, 0.3) is 0 Å². The quantitative estimate of drug-likeness (QED) is 0.0271. The minimum atomic E-state index is -4.34. The van der Waals surface area contributed by atoms with Crippen molar-refractivity contribution in [1.82, 2.24) is 5.32 Å². The number of unbranched alkanes of at least 4 members (excludes halogenated alkanes) is 43. The Labute approximate surface area is 405 Å². The van der Waals surface area contributed by atoms with E-state index >= 15 is 0 Å². The molecule has 0 aliphatic heterocycles. The second kappa shape index (κ2) is 52.6. The summed E-state index contributed by atoms with van der Waals surface area (Å²) in [5, 5.41) is 13.8. The Kier molecular flexibility index (Phi) is 52.0. The van der Waals surface area contributed by atoms with Crippen molar-refractivity contribution >= 4 is 13.7 Å². The molecule has 0 saturated carbocycles. The number of nitrogens with two attached hydrogens (primary N) is 1. The molecule has 1 unspecified atom stereocenters. The first-order valence-electron chi connectivity index (χ1n) is 28.8. The average molecular weight is 942 g/mol. The van der Waals surface area contributed by atoms with Gasteiger partial charge in [0.2, 0.25) is 5.91 Å². The monoisotopic (exact) mass is 941 g/mol. The highest BCUT2D eigenvalue weighted by Gasteiger charge is 2.27. The van der Waals surface area contributed by atoms with Crippen LogP contribution in [0.2, 0.25) is 0 Å². The highest BCUT2D eigenvalue weighted by molar-refractivity contribution is 7.47. The molecule has 0 radical (unpaired) electrons. The lowest BCUT2D eigenvalue weighted by Gasteiger charge is -2.23. The van der Waals surface area contributed by atoms with Crippen LogP contribution in [0.1, 0.15) is 309 Å². The van der Waals surface area contributed by atoms with Crippen molar-refractivity contribution in [1.29, 1.82) is 0 Å². The molecule has 0 aliphatic carbocycles. The Bertz CT molecular complexity index is 1030. The number of aliphatic hydroxyl groups is 1. The third kappa shape index (κ3) is 50.9. The van der Waals surface area contributed by atoms with Crippen LogP contribution < -0.4 is 11.1 Å². The normalized spacial score (nSPS) is 13.7. The number of aliphatic hydroxyl groups excluding tert-OH is 1. The van der Waals surface area contributed by atoms with Crippen molar-refractivity contribution in [2.45, 2.75) is 321 Å². The topological polar surface area (TPSA) is 131 Å². The summed E-state index contributed by atoms with van der Waals surface area (Å²) in [6.07, 6.45) is 63.1. The zero-order valence-corrected chi connectivity index (χ0v) is 44.4. The molecule has 0 spiro atoms. The molecule has 65 heavy (non-hydrogen) atoms. The van der Waals surface area contributed by atoms with E-state index in [1.165, 1.54) is 250 Å². The molecule has 1 amide bonds. The molecule has 0 fully saturated rings. The number of carbonyl (C=O) groups is 1. The summed E-state index contributed by atoms with van der Waals surface area (Å²) < 4.78 is 22.2. The maximum atomic E-state index is 12.8. The Morgan fingerprint density at radius 1 is 0.492 bits per heavy atom. The van der Waals surface area contributed by atoms with Crippen molar-refractivity contribution in [3.05, 3.63) is 12.2 Å². The van der Waals surface area contributed by atoms with Gasteiger partial charge in [0.25, 0.3) is 0 Å². The first kappa shape index (κ1) is 64.2. The van der Waals surface area contributed by atoms with Crippen molar-refractivity contribution in [3.63, 3.8) is 0 Å². The van der Waals surface area contributed by atoms with Gasteiger partial charge in [-0.15, -0.1) is 0 Å². The number of carbonyl (C=O) groups excluding carboxylic acids is 1. The van der Waals surface area contributed by atoms with Crippen LogP contribution in [0.15, 0.2) is 12.2 Å². The van der Waals surface area contributed by atoms with E-state index in [2.05, 4.69) is 19.2 Å². The molecule has 0 aromatic rings. The van der Waals surface area contributed by atoms with E-state index in [0.29, 0.717) is 6.42 Å². The van der Waals surface area contributed by atoms with Gasteiger partial charge >= 0.3 is 7.82 Å². The van der Waals surface area contributed by atoms with Crippen LogP contribution in [-0.4, -0.2) is 47.8 Å².